The van der Waals surface area contributed by atoms with E-state index in [9.17, 15) is 4.79 Å². The number of rotatable bonds is 4. The van der Waals surface area contributed by atoms with Crippen LogP contribution in [-0.4, -0.2) is 12.4 Å². The van der Waals surface area contributed by atoms with E-state index in [1.807, 2.05) is 37.3 Å². The fraction of sp³-hybridized carbons (Fsp3) is 0.250. The lowest BCUT2D eigenvalue weighted by atomic mass is 9.78. The van der Waals surface area contributed by atoms with Gasteiger partial charge in [0.2, 0.25) is 0 Å². The number of hydrogen-bond donors (Lipinski definition) is 2. The summed E-state index contributed by atoms with van der Waals surface area (Å²) in [6.07, 6.45) is 1.32. The van der Waals surface area contributed by atoms with Crippen LogP contribution in [0.2, 0.25) is 0 Å². The predicted octanol–water partition coefficient (Wildman–Crippen LogP) is 6.37. The highest BCUT2D eigenvalue weighted by atomic mass is 16.5. The first kappa shape index (κ1) is 20.4. The molecule has 4 nitrogen and oxygen atoms in total. The van der Waals surface area contributed by atoms with Crippen molar-refractivity contribution in [2.45, 2.75) is 38.6 Å². The lowest BCUT2D eigenvalue weighted by Gasteiger charge is -2.30. The van der Waals surface area contributed by atoms with Gasteiger partial charge in [-0.15, -0.1) is 0 Å². The average molecular weight is 425 g/mol. The molecule has 5 rings (SSSR count). The number of nitrogens with one attached hydrogen (secondary N) is 2. The van der Waals surface area contributed by atoms with Crippen LogP contribution in [0.25, 0.3) is 0 Å². The minimum absolute atomic E-state index is 0.176. The Kier molecular flexibility index (Phi) is 5.44. The van der Waals surface area contributed by atoms with Gasteiger partial charge in [0.05, 0.1) is 24.0 Å². The van der Waals surface area contributed by atoms with Crippen molar-refractivity contribution < 1.29 is 9.53 Å². The average Bonchev–Trinajstić information content (AvgIpc) is 2.97. The van der Waals surface area contributed by atoms with Gasteiger partial charge in [-0.05, 0) is 61.6 Å². The molecule has 0 bridgehead atoms. The van der Waals surface area contributed by atoms with Crippen molar-refractivity contribution >= 4 is 17.2 Å². The van der Waals surface area contributed by atoms with E-state index in [2.05, 4.69) is 60.0 Å². The Labute approximate surface area is 189 Å². The Morgan fingerprint density at radius 2 is 1.69 bits per heavy atom. The number of ether oxygens (including phenoxy) is 1. The quantitative estimate of drug-likeness (QED) is 0.511. The van der Waals surface area contributed by atoms with Crippen molar-refractivity contribution in [3.05, 3.63) is 101 Å². The molecule has 2 unspecified atom stereocenters. The van der Waals surface area contributed by atoms with Crippen LogP contribution >= 0.6 is 0 Å². The third kappa shape index (κ3) is 3.89. The maximum atomic E-state index is 13.6. The van der Waals surface area contributed by atoms with Gasteiger partial charge in [0.15, 0.2) is 5.78 Å². The molecule has 0 saturated heterocycles. The summed E-state index contributed by atoms with van der Waals surface area (Å²) < 4.78 is 5.74. The normalized spacial score (nSPS) is 19.9. The highest BCUT2D eigenvalue weighted by Gasteiger charge is 2.36. The highest BCUT2D eigenvalue weighted by molar-refractivity contribution is 6.01. The van der Waals surface area contributed by atoms with Crippen molar-refractivity contribution in [2.75, 3.05) is 17.2 Å². The molecule has 1 aliphatic carbocycles. The van der Waals surface area contributed by atoms with Crippen LogP contribution in [0.1, 0.15) is 48.4 Å². The summed E-state index contributed by atoms with van der Waals surface area (Å²) in [4.78, 5) is 13.6. The van der Waals surface area contributed by atoms with E-state index < -0.39 is 0 Å². The number of Topliss-reactive ketones (excluding diaryl/α,β-unsaturated/α-hetero) is 1. The third-order valence-electron chi connectivity index (χ3n) is 6.36. The van der Waals surface area contributed by atoms with Gasteiger partial charge >= 0.3 is 0 Å². The molecular weight excluding hydrogens is 396 g/mol. The fourth-order valence-electron chi connectivity index (χ4n) is 4.77. The topological polar surface area (TPSA) is 50.4 Å². The summed E-state index contributed by atoms with van der Waals surface area (Å²) in [7, 11) is 0. The van der Waals surface area contributed by atoms with E-state index >= 15 is 0 Å². The van der Waals surface area contributed by atoms with Crippen molar-refractivity contribution in [1.29, 1.82) is 0 Å². The molecule has 4 heteroatoms. The van der Waals surface area contributed by atoms with E-state index in [0.29, 0.717) is 13.0 Å². The summed E-state index contributed by atoms with van der Waals surface area (Å²) in [5.74, 6) is 1.19. The number of hydrogen-bond acceptors (Lipinski definition) is 4. The number of benzene rings is 3. The molecule has 0 aromatic heterocycles. The molecule has 0 fully saturated rings. The second kappa shape index (κ2) is 8.54. The number of carbonyl (C=O) groups is 1. The maximum Gasteiger partial charge on any atom is 0.163 e. The Balaban J connectivity index is 1.59. The second-order valence-electron chi connectivity index (χ2n) is 8.58. The Morgan fingerprint density at radius 3 is 2.47 bits per heavy atom. The van der Waals surface area contributed by atoms with Gasteiger partial charge in [0.1, 0.15) is 5.75 Å². The molecule has 2 aliphatic rings. The predicted molar refractivity (Wildman–Crippen MR) is 129 cm³/mol. The first-order valence-electron chi connectivity index (χ1n) is 11.3. The number of fused-ring (bicyclic) bond motifs is 1. The molecular formula is C28H28N2O2. The molecule has 2 atom stereocenters. The van der Waals surface area contributed by atoms with Gasteiger partial charge in [0.25, 0.3) is 0 Å². The third-order valence-corrected chi connectivity index (χ3v) is 6.36. The monoisotopic (exact) mass is 424 g/mol. The molecule has 1 aliphatic heterocycles. The van der Waals surface area contributed by atoms with Crippen LogP contribution in [0.15, 0.2) is 84.1 Å². The molecule has 3 aromatic carbocycles. The SMILES string of the molecule is CCOc1cccc(C2Nc3ccccc3NC3=C2C(=O)CC(c2ccc(C)cc2)C3)c1. The standard InChI is InChI=1S/C28H28N2O2/c1-3-32-22-8-6-7-20(15-22)28-27-25(29-23-9-4-5-10-24(23)30-28)16-21(17-26(27)31)19-13-11-18(2)12-14-19/h4-15,21,28-30H,3,16-17H2,1-2H3. The zero-order chi connectivity index (χ0) is 22.1. The van der Waals surface area contributed by atoms with Gasteiger partial charge in [-0.3, -0.25) is 4.79 Å². The van der Waals surface area contributed by atoms with Crippen LogP contribution in [0.4, 0.5) is 11.4 Å². The van der Waals surface area contributed by atoms with Crippen LogP contribution in [0, 0.1) is 6.92 Å². The lowest BCUT2D eigenvalue weighted by Crippen LogP contribution is -2.26. The maximum absolute atomic E-state index is 13.6. The van der Waals surface area contributed by atoms with Gasteiger partial charge in [-0.25, -0.2) is 0 Å². The molecule has 0 amide bonds. The van der Waals surface area contributed by atoms with Gasteiger partial charge in [-0.1, -0.05) is 54.1 Å². The Morgan fingerprint density at radius 1 is 0.906 bits per heavy atom. The fourth-order valence-corrected chi connectivity index (χ4v) is 4.77. The van der Waals surface area contributed by atoms with Crippen LogP contribution in [-0.2, 0) is 4.79 Å². The number of allylic oxidation sites excluding steroid dienone is 1. The molecule has 0 saturated carbocycles. The van der Waals surface area contributed by atoms with Crippen molar-refractivity contribution in [3.8, 4) is 5.75 Å². The zero-order valence-corrected chi connectivity index (χ0v) is 18.5. The molecule has 0 radical (unpaired) electrons. The second-order valence-corrected chi connectivity index (χ2v) is 8.58. The van der Waals surface area contributed by atoms with E-state index in [1.54, 1.807) is 0 Å². The van der Waals surface area contributed by atoms with E-state index in [-0.39, 0.29) is 17.7 Å². The Hall–Kier alpha value is -3.53. The number of anilines is 2. The Bertz CT molecular complexity index is 1180. The van der Waals surface area contributed by atoms with Crippen molar-refractivity contribution in [2.24, 2.45) is 0 Å². The molecule has 1 heterocycles. The molecule has 0 spiro atoms. The first-order chi connectivity index (χ1) is 15.6. The highest BCUT2D eigenvalue weighted by Crippen LogP contribution is 2.44. The number of ketones is 1. The number of carbonyl (C=O) groups excluding carboxylic acids is 1. The van der Waals surface area contributed by atoms with E-state index in [0.717, 1.165) is 40.4 Å². The zero-order valence-electron chi connectivity index (χ0n) is 18.5. The molecule has 2 N–H and O–H groups in total. The largest absolute Gasteiger partial charge is 0.494 e. The minimum atomic E-state index is -0.229. The summed E-state index contributed by atoms with van der Waals surface area (Å²) >= 11 is 0. The van der Waals surface area contributed by atoms with Crippen LogP contribution in [0.3, 0.4) is 0 Å². The van der Waals surface area contributed by atoms with E-state index in [4.69, 9.17) is 4.74 Å². The number of para-hydroxylation sites is 2. The minimum Gasteiger partial charge on any atom is -0.494 e. The van der Waals surface area contributed by atoms with Crippen molar-refractivity contribution in [3.63, 3.8) is 0 Å². The van der Waals surface area contributed by atoms with Crippen LogP contribution < -0.4 is 15.4 Å². The number of aryl methyl sites for hydroxylation is 1. The van der Waals surface area contributed by atoms with Crippen molar-refractivity contribution in [1.82, 2.24) is 0 Å². The molecule has 32 heavy (non-hydrogen) atoms. The molecule has 162 valence electrons. The molecule has 3 aromatic rings. The van der Waals surface area contributed by atoms with Crippen LogP contribution in [0.5, 0.6) is 5.75 Å². The lowest BCUT2D eigenvalue weighted by molar-refractivity contribution is -0.116. The summed E-state index contributed by atoms with van der Waals surface area (Å²) in [5, 5.41) is 7.25. The summed E-state index contributed by atoms with van der Waals surface area (Å²) in [5.41, 5.74) is 7.32. The van der Waals surface area contributed by atoms with Gasteiger partial charge < -0.3 is 15.4 Å². The van der Waals surface area contributed by atoms with Gasteiger partial charge in [0, 0.05) is 17.7 Å². The first-order valence-corrected chi connectivity index (χ1v) is 11.3. The van der Waals surface area contributed by atoms with Gasteiger partial charge in [-0.2, -0.15) is 0 Å². The van der Waals surface area contributed by atoms with E-state index in [1.165, 1.54) is 11.1 Å². The summed E-state index contributed by atoms with van der Waals surface area (Å²) in [6, 6.07) is 24.6. The smallest absolute Gasteiger partial charge is 0.163 e. The summed E-state index contributed by atoms with van der Waals surface area (Å²) in [6.45, 7) is 4.68.